The predicted octanol–water partition coefficient (Wildman–Crippen LogP) is 1.57. The summed E-state index contributed by atoms with van der Waals surface area (Å²) in [5, 5.41) is 3.35. The Balaban J connectivity index is 2.62. The first-order valence-corrected chi connectivity index (χ1v) is 8.89. The van der Waals surface area contributed by atoms with Gasteiger partial charge in [-0.3, -0.25) is 9.79 Å². The van der Waals surface area contributed by atoms with Gasteiger partial charge in [0.25, 0.3) is 0 Å². The van der Waals surface area contributed by atoms with Gasteiger partial charge < -0.3 is 19.9 Å². The number of carbonyl (C=O) groups excluding carboxylic acids is 1. The molecule has 0 aliphatic carbocycles. The first-order valence-electron chi connectivity index (χ1n) is 8.89. The SMILES string of the molecule is CCNC(=NCCN(C)C(C)C)N1CCCC(C(=O)OCC)C1. The number of hydrogen-bond donors (Lipinski definition) is 1. The number of aliphatic imine (C=N–C) groups is 1. The zero-order valence-corrected chi connectivity index (χ0v) is 15.5. The number of likely N-dealkylation sites (tertiary alicyclic amines) is 1. The molecule has 6 nitrogen and oxygen atoms in total. The Morgan fingerprint density at radius 2 is 2.17 bits per heavy atom. The number of rotatable bonds is 7. The molecule has 0 aromatic carbocycles. The van der Waals surface area contributed by atoms with E-state index in [0.29, 0.717) is 19.2 Å². The summed E-state index contributed by atoms with van der Waals surface area (Å²) in [6.07, 6.45) is 1.91. The van der Waals surface area contributed by atoms with Gasteiger partial charge in [0.05, 0.1) is 19.1 Å². The van der Waals surface area contributed by atoms with Crippen molar-refractivity contribution in [2.24, 2.45) is 10.9 Å². The zero-order chi connectivity index (χ0) is 17.2. The summed E-state index contributed by atoms with van der Waals surface area (Å²) in [7, 11) is 2.12. The Labute approximate surface area is 141 Å². The third-order valence-corrected chi connectivity index (χ3v) is 4.27. The van der Waals surface area contributed by atoms with Crippen molar-refractivity contribution >= 4 is 11.9 Å². The molecule has 1 saturated heterocycles. The maximum Gasteiger partial charge on any atom is 0.310 e. The Morgan fingerprint density at radius 3 is 2.78 bits per heavy atom. The quantitative estimate of drug-likeness (QED) is 0.437. The van der Waals surface area contributed by atoms with E-state index in [9.17, 15) is 4.79 Å². The highest BCUT2D eigenvalue weighted by molar-refractivity contribution is 5.81. The number of piperidine rings is 1. The van der Waals surface area contributed by atoms with E-state index >= 15 is 0 Å². The van der Waals surface area contributed by atoms with Crippen LogP contribution in [-0.4, -0.2) is 74.1 Å². The number of carbonyl (C=O) groups is 1. The molecule has 0 bridgehead atoms. The predicted molar refractivity (Wildman–Crippen MR) is 94.7 cm³/mol. The average molecular weight is 326 g/mol. The highest BCUT2D eigenvalue weighted by Crippen LogP contribution is 2.18. The van der Waals surface area contributed by atoms with Gasteiger partial charge in [0, 0.05) is 32.2 Å². The van der Waals surface area contributed by atoms with Crippen LogP contribution in [0.3, 0.4) is 0 Å². The zero-order valence-electron chi connectivity index (χ0n) is 15.5. The van der Waals surface area contributed by atoms with Crippen molar-refractivity contribution in [1.82, 2.24) is 15.1 Å². The highest BCUT2D eigenvalue weighted by atomic mass is 16.5. The van der Waals surface area contributed by atoms with Crippen molar-refractivity contribution in [2.75, 3.05) is 46.4 Å². The van der Waals surface area contributed by atoms with Crippen molar-refractivity contribution in [3.8, 4) is 0 Å². The fourth-order valence-electron chi connectivity index (χ4n) is 2.62. The van der Waals surface area contributed by atoms with Crippen molar-refractivity contribution in [2.45, 2.75) is 46.6 Å². The monoisotopic (exact) mass is 326 g/mol. The van der Waals surface area contributed by atoms with Crippen LogP contribution in [0.5, 0.6) is 0 Å². The number of likely N-dealkylation sites (N-methyl/N-ethyl adjacent to an activating group) is 1. The Hall–Kier alpha value is -1.30. The van der Waals surface area contributed by atoms with Crippen molar-refractivity contribution in [1.29, 1.82) is 0 Å². The van der Waals surface area contributed by atoms with Gasteiger partial charge in [0.1, 0.15) is 0 Å². The van der Waals surface area contributed by atoms with Crippen LogP contribution >= 0.6 is 0 Å². The molecular weight excluding hydrogens is 292 g/mol. The summed E-state index contributed by atoms with van der Waals surface area (Å²) in [5.74, 6) is 0.803. The molecule has 0 amide bonds. The summed E-state index contributed by atoms with van der Waals surface area (Å²) in [6.45, 7) is 12.9. The van der Waals surface area contributed by atoms with Crippen LogP contribution in [0.2, 0.25) is 0 Å². The molecule has 6 heteroatoms. The van der Waals surface area contributed by atoms with Crippen molar-refractivity contribution in [3.63, 3.8) is 0 Å². The molecule has 1 fully saturated rings. The maximum absolute atomic E-state index is 12.0. The second-order valence-electron chi connectivity index (χ2n) is 6.35. The van der Waals surface area contributed by atoms with E-state index in [2.05, 4.69) is 42.9 Å². The van der Waals surface area contributed by atoms with E-state index in [1.165, 1.54) is 0 Å². The number of esters is 1. The van der Waals surface area contributed by atoms with Crippen LogP contribution in [0.15, 0.2) is 4.99 Å². The van der Waals surface area contributed by atoms with Gasteiger partial charge in [-0.1, -0.05) is 0 Å². The molecular formula is C17H34N4O2. The van der Waals surface area contributed by atoms with Crippen molar-refractivity contribution < 1.29 is 9.53 Å². The van der Waals surface area contributed by atoms with Crippen LogP contribution in [0.4, 0.5) is 0 Å². The van der Waals surface area contributed by atoms with Gasteiger partial charge in [0.15, 0.2) is 5.96 Å². The summed E-state index contributed by atoms with van der Waals surface area (Å²) in [4.78, 5) is 21.2. The standard InChI is InChI=1S/C17H34N4O2/c1-6-18-17(19-10-12-20(5)14(3)4)21-11-8-9-15(13-21)16(22)23-7-2/h14-15H,6-13H2,1-5H3,(H,18,19). The highest BCUT2D eigenvalue weighted by Gasteiger charge is 2.28. The van der Waals surface area contributed by atoms with Crippen LogP contribution in [0.1, 0.15) is 40.5 Å². The second-order valence-corrected chi connectivity index (χ2v) is 6.35. The van der Waals surface area contributed by atoms with Gasteiger partial charge in [-0.15, -0.1) is 0 Å². The minimum absolute atomic E-state index is 0.0362. The third kappa shape index (κ3) is 6.77. The second kappa shape index (κ2) is 10.5. The molecule has 1 aliphatic rings. The van der Waals surface area contributed by atoms with E-state index in [1.54, 1.807) is 0 Å². The van der Waals surface area contributed by atoms with Gasteiger partial charge in [-0.05, 0) is 47.6 Å². The minimum atomic E-state index is -0.0763. The van der Waals surface area contributed by atoms with Gasteiger partial charge in [-0.2, -0.15) is 0 Å². The van der Waals surface area contributed by atoms with E-state index < -0.39 is 0 Å². The molecule has 0 aromatic heterocycles. The van der Waals surface area contributed by atoms with Crippen LogP contribution in [0.25, 0.3) is 0 Å². The van der Waals surface area contributed by atoms with E-state index in [1.807, 2.05) is 6.92 Å². The van der Waals surface area contributed by atoms with Gasteiger partial charge in [-0.25, -0.2) is 0 Å². The molecule has 0 saturated carbocycles. The molecule has 134 valence electrons. The number of nitrogens with one attached hydrogen (secondary N) is 1. The molecule has 1 unspecified atom stereocenters. The summed E-state index contributed by atoms with van der Waals surface area (Å²) >= 11 is 0. The number of hydrogen-bond acceptors (Lipinski definition) is 4. The van der Waals surface area contributed by atoms with E-state index in [4.69, 9.17) is 9.73 Å². The largest absolute Gasteiger partial charge is 0.466 e. The smallest absolute Gasteiger partial charge is 0.310 e. The lowest BCUT2D eigenvalue weighted by molar-refractivity contribution is -0.149. The lowest BCUT2D eigenvalue weighted by atomic mass is 9.98. The topological polar surface area (TPSA) is 57.2 Å². The number of nitrogens with zero attached hydrogens (tertiary/aromatic N) is 3. The minimum Gasteiger partial charge on any atom is -0.466 e. The average Bonchev–Trinajstić information content (AvgIpc) is 2.54. The molecule has 1 aliphatic heterocycles. The summed E-state index contributed by atoms with van der Waals surface area (Å²) in [5.41, 5.74) is 0. The van der Waals surface area contributed by atoms with Crippen LogP contribution in [0, 0.1) is 5.92 Å². The fraction of sp³-hybridized carbons (Fsp3) is 0.882. The first kappa shape index (κ1) is 19.7. The normalized spacial score (nSPS) is 19.3. The number of ether oxygens (including phenoxy) is 1. The van der Waals surface area contributed by atoms with E-state index in [0.717, 1.165) is 45.0 Å². The molecule has 1 N–H and O–H groups in total. The van der Waals surface area contributed by atoms with Crippen LogP contribution < -0.4 is 5.32 Å². The van der Waals surface area contributed by atoms with Gasteiger partial charge >= 0.3 is 5.97 Å². The van der Waals surface area contributed by atoms with Crippen LogP contribution in [-0.2, 0) is 9.53 Å². The van der Waals surface area contributed by atoms with Gasteiger partial charge in [0.2, 0.25) is 0 Å². The lowest BCUT2D eigenvalue weighted by Crippen LogP contribution is -2.48. The molecule has 0 spiro atoms. The maximum atomic E-state index is 12.0. The molecule has 0 aromatic rings. The lowest BCUT2D eigenvalue weighted by Gasteiger charge is -2.34. The molecule has 0 radical (unpaired) electrons. The Kier molecular flexibility index (Phi) is 8.99. The first-order chi connectivity index (χ1) is 11.0. The molecule has 1 atom stereocenters. The molecule has 1 heterocycles. The van der Waals surface area contributed by atoms with E-state index in [-0.39, 0.29) is 11.9 Å². The summed E-state index contributed by atoms with van der Waals surface area (Å²) < 4.78 is 5.18. The van der Waals surface area contributed by atoms with Crippen molar-refractivity contribution in [3.05, 3.63) is 0 Å². The Bertz CT molecular complexity index is 385. The third-order valence-electron chi connectivity index (χ3n) is 4.27. The summed E-state index contributed by atoms with van der Waals surface area (Å²) in [6, 6.07) is 0.524. The molecule has 23 heavy (non-hydrogen) atoms. The Morgan fingerprint density at radius 1 is 1.43 bits per heavy atom. The number of guanidine groups is 1. The molecule has 1 rings (SSSR count). The fourth-order valence-corrected chi connectivity index (χ4v) is 2.62.